The quantitative estimate of drug-likeness (QED) is 0.260. The van der Waals surface area contributed by atoms with Crippen LogP contribution in [-0.2, 0) is 15.2 Å². The van der Waals surface area contributed by atoms with E-state index in [-0.39, 0.29) is 87.5 Å². The van der Waals surface area contributed by atoms with Gasteiger partial charge in [-0.05, 0) is 0 Å². The van der Waals surface area contributed by atoms with Crippen molar-refractivity contribution in [1.29, 1.82) is 0 Å². The molecule has 0 spiro atoms. The molecule has 0 aliphatic rings. The summed E-state index contributed by atoms with van der Waals surface area (Å²) in [4.78, 5) is 9.24. The number of hydrogen-bond acceptors (Lipinski definition) is 6. The van der Waals surface area contributed by atoms with Crippen molar-refractivity contribution in [1.82, 2.24) is 0 Å². The van der Waals surface area contributed by atoms with Gasteiger partial charge >= 0.3 is 86.9 Å². The minimum Gasteiger partial charge on any atom is -0.759 e. The average molecular weight is 233 g/mol. The van der Waals surface area contributed by atoms with Crippen molar-refractivity contribution in [2.75, 3.05) is 6.54 Å². The van der Waals surface area contributed by atoms with Crippen molar-refractivity contribution in [2.24, 2.45) is 5.73 Å². The molecular formula is C2H5KNNaO6S. The Morgan fingerprint density at radius 1 is 1.42 bits per heavy atom. The van der Waals surface area contributed by atoms with E-state index < -0.39 is 16.4 Å². The summed E-state index contributed by atoms with van der Waals surface area (Å²) in [5, 5.41) is 7.60. The SMILES string of the molecule is NCC(=O)O.O=S(=O)([O-])[O-].[K+].[Na+]. The summed E-state index contributed by atoms with van der Waals surface area (Å²) >= 11 is 0. The molecule has 0 aromatic heterocycles. The zero-order valence-electron chi connectivity index (χ0n) is 6.68. The van der Waals surface area contributed by atoms with Gasteiger partial charge in [0.2, 0.25) is 0 Å². The molecule has 0 bridgehead atoms. The van der Waals surface area contributed by atoms with Crippen molar-refractivity contribution in [3.8, 4) is 0 Å². The second-order valence-electron chi connectivity index (χ2n) is 1.01. The molecule has 0 unspecified atom stereocenters. The zero-order chi connectivity index (χ0) is 8.78. The molecule has 0 atom stereocenters. The van der Waals surface area contributed by atoms with Crippen LogP contribution < -0.4 is 86.7 Å². The predicted octanol–water partition coefficient (Wildman–Crippen LogP) is -8.30. The summed E-state index contributed by atoms with van der Waals surface area (Å²) in [6, 6.07) is 0. The number of nitrogens with two attached hydrogens (primary N) is 1. The van der Waals surface area contributed by atoms with Crippen LogP contribution in [0.1, 0.15) is 0 Å². The van der Waals surface area contributed by atoms with Crippen LogP contribution in [0.2, 0.25) is 0 Å². The monoisotopic (exact) mass is 233 g/mol. The van der Waals surface area contributed by atoms with Gasteiger partial charge in [-0.1, -0.05) is 0 Å². The minimum absolute atomic E-state index is 0. The van der Waals surface area contributed by atoms with E-state index in [4.69, 9.17) is 22.6 Å². The van der Waals surface area contributed by atoms with Crippen LogP contribution in [0, 0.1) is 0 Å². The number of carbonyl (C=O) groups is 1. The average Bonchev–Trinajstić information content (AvgIpc) is 1.61. The maximum Gasteiger partial charge on any atom is 1.00 e. The Balaban J connectivity index is -0.0000000457. The molecule has 0 heterocycles. The van der Waals surface area contributed by atoms with Gasteiger partial charge in [-0.15, -0.1) is 0 Å². The first-order chi connectivity index (χ1) is 4.27. The van der Waals surface area contributed by atoms with Crippen molar-refractivity contribution >= 4 is 16.4 Å². The summed E-state index contributed by atoms with van der Waals surface area (Å²) in [7, 11) is -5.17. The molecule has 0 radical (unpaired) electrons. The van der Waals surface area contributed by atoms with E-state index in [2.05, 4.69) is 5.73 Å². The van der Waals surface area contributed by atoms with Gasteiger partial charge in [0.1, 0.15) is 0 Å². The third-order valence-electron chi connectivity index (χ3n) is 0.175. The van der Waals surface area contributed by atoms with Gasteiger partial charge in [0, 0.05) is 10.4 Å². The van der Waals surface area contributed by atoms with E-state index in [1.165, 1.54) is 0 Å². The Morgan fingerprint density at radius 2 is 1.50 bits per heavy atom. The Hall–Kier alpha value is 1.94. The summed E-state index contributed by atoms with van der Waals surface area (Å²) in [6.45, 7) is -0.278. The van der Waals surface area contributed by atoms with Crippen LogP contribution in [0.3, 0.4) is 0 Å². The Morgan fingerprint density at radius 3 is 1.50 bits per heavy atom. The van der Waals surface area contributed by atoms with Crippen LogP contribution in [0.4, 0.5) is 0 Å². The van der Waals surface area contributed by atoms with Gasteiger partial charge in [0.25, 0.3) is 0 Å². The van der Waals surface area contributed by atoms with E-state index in [1.54, 1.807) is 0 Å². The van der Waals surface area contributed by atoms with E-state index in [0.717, 1.165) is 0 Å². The van der Waals surface area contributed by atoms with Gasteiger partial charge in [-0.25, -0.2) is 0 Å². The standard InChI is InChI=1S/C2H5NO2.K.Na.H2O4S/c3-1-2(4)5;;;1-5(2,3)4/h1,3H2,(H,4,5);;;(H2,1,2,3,4)/q;2*+1;/p-2. The molecule has 10 heteroatoms. The van der Waals surface area contributed by atoms with Gasteiger partial charge in [0.15, 0.2) is 0 Å². The molecule has 0 aromatic carbocycles. The normalized spacial score (nSPS) is 7.92. The van der Waals surface area contributed by atoms with E-state index in [1.807, 2.05) is 0 Å². The molecule has 62 valence electrons. The first-order valence-corrected chi connectivity index (χ1v) is 3.19. The van der Waals surface area contributed by atoms with Gasteiger partial charge < -0.3 is 19.9 Å². The summed E-state index contributed by atoms with van der Waals surface area (Å²) in [5.41, 5.74) is 4.57. The molecule has 0 aliphatic heterocycles. The predicted molar refractivity (Wildman–Crippen MR) is 27.2 cm³/mol. The molecular weight excluding hydrogens is 228 g/mol. The molecule has 0 rings (SSSR count). The van der Waals surface area contributed by atoms with Crippen molar-refractivity contribution in [3.05, 3.63) is 0 Å². The van der Waals surface area contributed by atoms with Gasteiger partial charge in [0.05, 0.1) is 6.54 Å². The molecule has 0 aromatic rings. The Kier molecular flexibility index (Phi) is 25.5. The van der Waals surface area contributed by atoms with Crippen molar-refractivity contribution in [2.45, 2.75) is 0 Å². The third-order valence-corrected chi connectivity index (χ3v) is 0.175. The van der Waals surface area contributed by atoms with Gasteiger partial charge in [-0.2, -0.15) is 0 Å². The summed E-state index contributed by atoms with van der Waals surface area (Å²) in [6.07, 6.45) is 0. The minimum atomic E-state index is -5.17. The molecule has 3 N–H and O–H groups in total. The number of hydrogen-bond donors (Lipinski definition) is 2. The van der Waals surface area contributed by atoms with Crippen molar-refractivity contribution in [3.63, 3.8) is 0 Å². The maximum absolute atomic E-state index is 9.24. The van der Waals surface area contributed by atoms with Crippen LogP contribution in [-0.4, -0.2) is 35.1 Å². The van der Waals surface area contributed by atoms with Crippen LogP contribution >= 0.6 is 0 Å². The maximum atomic E-state index is 9.24. The third kappa shape index (κ3) is 92.1. The number of carboxylic acids is 1. The first-order valence-electron chi connectivity index (χ1n) is 1.86. The zero-order valence-corrected chi connectivity index (χ0v) is 12.6. The largest absolute Gasteiger partial charge is 1.00 e. The van der Waals surface area contributed by atoms with E-state index >= 15 is 0 Å². The van der Waals surface area contributed by atoms with E-state index in [9.17, 15) is 4.79 Å². The summed E-state index contributed by atoms with van der Waals surface area (Å²) in [5.74, 6) is -0.968. The van der Waals surface area contributed by atoms with Crippen LogP contribution in [0.15, 0.2) is 0 Å². The molecule has 0 saturated carbocycles. The van der Waals surface area contributed by atoms with Gasteiger partial charge in [-0.3, -0.25) is 13.2 Å². The number of rotatable bonds is 1. The smallest absolute Gasteiger partial charge is 0.759 e. The van der Waals surface area contributed by atoms with Crippen LogP contribution in [0.25, 0.3) is 0 Å². The molecule has 0 fully saturated rings. The number of aliphatic carboxylic acids is 1. The van der Waals surface area contributed by atoms with Crippen molar-refractivity contribution < 1.29 is 108 Å². The second-order valence-corrected chi connectivity index (χ2v) is 1.82. The topological polar surface area (TPSA) is 144 Å². The fourth-order valence-electron chi connectivity index (χ4n) is 0. The van der Waals surface area contributed by atoms with E-state index in [0.29, 0.717) is 0 Å². The fraction of sp³-hybridized carbons (Fsp3) is 0.500. The number of carboxylic acid groups (broad SMARTS) is 1. The second kappa shape index (κ2) is 12.9. The Labute approximate surface area is 134 Å². The van der Waals surface area contributed by atoms with Crippen LogP contribution in [0.5, 0.6) is 0 Å². The molecule has 7 nitrogen and oxygen atoms in total. The molecule has 0 saturated heterocycles. The molecule has 12 heavy (non-hydrogen) atoms. The first kappa shape index (κ1) is 23.6. The fourth-order valence-corrected chi connectivity index (χ4v) is 0. The summed E-state index contributed by atoms with van der Waals surface area (Å²) < 4.78 is 34.1. The molecule has 0 aliphatic carbocycles. The molecule has 0 amide bonds. The Bertz CT molecular complexity index is 184.